The molecule has 0 fully saturated rings. The van der Waals surface area contributed by atoms with E-state index in [1.54, 1.807) is 0 Å². The van der Waals surface area contributed by atoms with Crippen LogP contribution in [-0.4, -0.2) is 12.6 Å². The summed E-state index contributed by atoms with van der Waals surface area (Å²) in [6.07, 6.45) is 3.77. The summed E-state index contributed by atoms with van der Waals surface area (Å²) in [5.41, 5.74) is 0.174. The Bertz CT molecular complexity index is 89.6. The second-order valence-corrected chi connectivity index (χ2v) is 3.02. The number of rotatable bonds is 2. The van der Waals surface area contributed by atoms with Gasteiger partial charge in [0.05, 0.1) is 0 Å². The van der Waals surface area contributed by atoms with E-state index in [1.165, 1.54) is 0 Å². The molecule has 0 aliphatic rings. The average Bonchev–Trinajstić information content (AvgIpc) is 1.63. The SMILES string of the molecule is CNC=CNC(C)(C)C. The Balaban J connectivity index is 3.38. The first-order chi connectivity index (χ1) is 4.06. The molecule has 2 N–H and O–H groups in total. The van der Waals surface area contributed by atoms with E-state index in [4.69, 9.17) is 0 Å². The molecular formula is C7H16N2. The zero-order chi connectivity index (χ0) is 7.33. The molecule has 9 heavy (non-hydrogen) atoms. The largest absolute Gasteiger partial charge is 0.393 e. The molecule has 0 aromatic rings. The third kappa shape index (κ3) is 7.34. The maximum atomic E-state index is 3.18. The number of hydrogen-bond acceptors (Lipinski definition) is 2. The molecule has 0 heterocycles. The summed E-state index contributed by atoms with van der Waals surface area (Å²) in [6.45, 7) is 6.35. The highest BCUT2D eigenvalue weighted by Gasteiger charge is 2.03. The van der Waals surface area contributed by atoms with Gasteiger partial charge in [0.1, 0.15) is 0 Å². The topological polar surface area (TPSA) is 24.1 Å². The standard InChI is InChI=1S/C7H16N2/c1-7(2,3)9-6-5-8-4/h5-6,8-9H,1-4H3. The van der Waals surface area contributed by atoms with Crippen LogP contribution in [0.2, 0.25) is 0 Å². The van der Waals surface area contributed by atoms with Crippen LogP contribution in [0.3, 0.4) is 0 Å². The molecule has 2 heteroatoms. The van der Waals surface area contributed by atoms with Gasteiger partial charge < -0.3 is 10.6 Å². The van der Waals surface area contributed by atoms with E-state index in [2.05, 4.69) is 31.4 Å². The lowest BCUT2D eigenvalue weighted by Gasteiger charge is -2.18. The van der Waals surface area contributed by atoms with Crippen LogP contribution < -0.4 is 10.6 Å². The third-order valence-corrected chi connectivity index (χ3v) is 0.766. The van der Waals surface area contributed by atoms with Crippen molar-refractivity contribution in [3.05, 3.63) is 12.4 Å². The summed E-state index contributed by atoms with van der Waals surface area (Å²) in [4.78, 5) is 0. The summed E-state index contributed by atoms with van der Waals surface area (Å²) >= 11 is 0. The van der Waals surface area contributed by atoms with Gasteiger partial charge in [0.25, 0.3) is 0 Å². The second kappa shape index (κ2) is 3.38. The van der Waals surface area contributed by atoms with Crippen molar-refractivity contribution in [2.24, 2.45) is 0 Å². The Morgan fingerprint density at radius 2 is 1.67 bits per heavy atom. The van der Waals surface area contributed by atoms with Crippen molar-refractivity contribution in [2.45, 2.75) is 26.3 Å². The molecule has 2 nitrogen and oxygen atoms in total. The zero-order valence-electron chi connectivity index (χ0n) is 6.65. The van der Waals surface area contributed by atoms with Gasteiger partial charge in [-0.05, 0) is 20.8 Å². The minimum Gasteiger partial charge on any atom is -0.393 e. The smallest absolute Gasteiger partial charge is 0.0284 e. The fourth-order valence-electron chi connectivity index (χ4n) is 0.375. The first-order valence-electron chi connectivity index (χ1n) is 3.16. The first-order valence-corrected chi connectivity index (χ1v) is 3.16. The van der Waals surface area contributed by atoms with Crippen LogP contribution in [0.1, 0.15) is 20.8 Å². The van der Waals surface area contributed by atoms with Crippen molar-refractivity contribution in [1.82, 2.24) is 10.6 Å². The minimum atomic E-state index is 0.174. The highest BCUT2D eigenvalue weighted by atomic mass is 14.9. The number of nitrogens with one attached hydrogen (secondary N) is 2. The van der Waals surface area contributed by atoms with Crippen LogP contribution in [-0.2, 0) is 0 Å². The second-order valence-electron chi connectivity index (χ2n) is 3.02. The molecule has 0 rings (SSSR count). The minimum absolute atomic E-state index is 0.174. The molecule has 0 bridgehead atoms. The molecule has 54 valence electrons. The van der Waals surface area contributed by atoms with Gasteiger partial charge in [0.15, 0.2) is 0 Å². The molecule has 0 spiro atoms. The molecule has 0 saturated heterocycles. The van der Waals surface area contributed by atoms with Gasteiger partial charge in [-0.3, -0.25) is 0 Å². The molecule has 0 unspecified atom stereocenters. The summed E-state index contributed by atoms with van der Waals surface area (Å²) in [6, 6.07) is 0. The highest BCUT2D eigenvalue weighted by Crippen LogP contribution is 1.96. The fraction of sp³-hybridized carbons (Fsp3) is 0.714. The van der Waals surface area contributed by atoms with E-state index < -0.39 is 0 Å². The van der Waals surface area contributed by atoms with Gasteiger partial charge in [-0.15, -0.1) is 0 Å². The van der Waals surface area contributed by atoms with E-state index in [1.807, 2.05) is 19.4 Å². The molecule has 0 amide bonds. The van der Waals surface area contributed by atoms with Crippen LogP contribution in [0.25, 0.3) is 0 Å². The summed E-state index contributed by atoms with van der Waals surface area (Å²) in [5, 5.41) is 6.08. The van der Waals surface area contributed by atoms with Crippen molar-refractivity contribution in [3.63, 3.8) is 0 Å². The summed E-state index contributed by atoms with van der Waals surface area (Å²) in [5.74, 6) is 0. The van der Waals surface area contributed by atoms with Gasteiger partial charge in [-0.1, -0.05) is 0 Å². The Morgan fingerprint density at radius 1 is 1.11 bits per heavy atom. The van der Waals surface area contributed by atoms with Gasteiger partial charge in [0, 0.05) is 25.0 Å². The van der Waals surface area contributed by atoms with E-state index in [0.29, 0.717) is 0 Å². The molecule has 0 aliphatic carbocycles. The Morgan fingerprint density at radius 3 is 2.00 bits per heavy atom. The monoisotopic (exact) mass is 128 g/mol. The van der Waals surface area contributed by atoms with Gasteiger partial charge in [-0.25, -0.2) is 0 Å². The van der Waals surface area contributed by atoms with Crippen LogP contribution in [0, 0.1) is 0 Å². The zero-order valence-corrected chi connectivity index (χ0v) is 6.65. The van der Waals surface area contributed by atoms with Crippen molar-refractivity contribution in [3.8, 4) is 0 Å². The fourth-order valence-corrected chi connectivity index (χ4v) is 0.375. The normalized spacial score (nSPS) is 12.0. The van der Waals surface area contributed by atoms with Crippen molar-refractivity contribution < 1.29 is 0 Å². The highest BCUT2D eigenvalue weighted by molar-refractivity contribution is 4.83. The number of hydrogen-bond donors (Lipinski definition) is 2. The molecule has 0 aliphatic heterocycles. The molecule has 0 atom stereocenters. The Hall–Kier alpha value is -0.660. The van der Waals surface area contributed by atoms with Crippen molar-refractivity contribution in [1.29, 1.82) is 0 Å². The van der Waals surface area contributed by atoms with Crippen LogP contribution >= 0.6 is 0 Å². The maximum absolute atomic E-state index is 3.18. The van der Waals surface area contributed by atoms with Crippen molar-refractivity contribution >= 4 is 0 Å². The Kier molecular flexibility index (Phi) is 3.13. The lowest BCUT2D eigenvalue weighted by molar-refractivity contribution is 0.490. The van der Waals surface area contributed by atoms with E-state index in [9.17, 15) is 0 Å². The summed E-state index contributed by atoms with van der Waals surface area (Å²) < 4.78 is 0. The molecule has 0 saturated carbocycles. The van der Waals surface area contributed by atoms with E-state index in [-0.39, 0.29) is 5.54 Å². The molecule has 0 aromatic carbocycles. The molecule has 0 radical (unpaired) electrons. The van der Waals surface area contributed by atoms with Crippen LogP contribution in [0.5, 0.6) is 0 Å². The van der Waals surface area contributed by atoms with Crippen molar-refractivity contribution in [2.75, 3.05) is 7.05 Å². The Labute approximate surface area is 57.3 Å². The van der Waals surface area contributed by atoms with E-state index >= 15 is 0 Å². The maximum Gasteiger partial charge on any atom is 0.0284 e. The summed E-state index contributed by atoms with van der Waals surface area (Å²) in [7, 11) is 1.88. The predicted octanol–water partition coefficient (Wildman–Crippen LogP) is 1.07. The van der Waals surface area contributed by atoms with Crippen LogP contribution in [0.4, 0.5) is 0 Å². The lowest BCUT2D eigenvalue weighted by Crippen LogP contribution is -2.31. The predicted molar refractivity (Wildman–Crippen MR) is 41.1 cm³/mol. The van der Waals surface area contributed by atoms with E-state index in [0.717, 1.165) is 0 Å². The molecular weight excluding hydrogens is 112 g/mol. The quantitative estimate of drug-likeness (QED) is 0.581. The van der Waals surface area contributed by atoms with Gasteiger partial charge >= 0.3 is 0 Å². The lowest BCUT2D eigenvalue weighted by atomic mass is 10.1. The third-order valence-electron chi connectivity index (χ3n) is 0.766. The average molecular weight is 128 g/mol. The van der Waals surface area contributed by atoms with Gasteiger partial charge in [-0.2, -0.15) is 0 Å². The first kappa shape index (κ1) is 8.34. The van der Waals surface area contributed by atoms with Gasteiger partial charge in [0.2, 0.25) is 0 Å². The molecule has 0 aromatic heterocycles. The van der Waals surface area contributed by atoms with Crippen LogP contribution in [0.15, 0.2) is 12.4 Å².